The molecule has 0 aliphatic rings. The summed E-state index contributed by atoms with van der Waals surface area (Å²) in [7, 11) is 0. The van der Waals surface area contributed by atoms with Crippen LogP contribution in [-0.4, -0.2) is 21.6 Å². The molecule has 0 aliphatic heterocycles. The fourth-order valence-corrected chi connectivity index (χ4v) is 1.54. The summed E-state index contributed by atoms with van der Waals surface area (Å²) in [6.45, 7) is 2.10. The summed E-state index contributed by atoms with van der Waals surface area (Å²) in [5.41, 5.74) is 0.0461. The number of nitrogens with one attached hydrogen (secondary N) is 1. The molecule has 100 valence electrons. The van der Waals surface area contributed by atoms with Crippen molar-refractivity contribution in [2.45, 2.75) is 13.3 Å². The topological polar surface area (TPSA) is 94.1 Å². The van der Waals surface area contributed by atoms with Crippen molar-refractivity contribution in [1.82, 2.24) is 10.1 Å². The predicted octanol–water partition coefficient (Wildman–Crippen LogP) is 2.08. The van der Waals surface area contributed by atoms with Gasteiger partial charge in [0, 0.05) is 31.6 Å². The van der Waals surface area contributed by atoms with Crippen LogP contribution in [0.25, 0.3) is 0 Å². The van der Waals surface area contributed by atoms with Crippen LogP contribution in [0.1, 0.15) is 11.7 Å². The Labute approximate surface area is 107 Å². The molecular formula is C11H11FN4O3. The summed E-state index contributed by atoms with van der Waals surface area (Å²) in [6.07, 6.45) is 0.474. The van der Waals surface area contributed by atoms with Gasteiger partial charge in [0.25, 0.3) is 5.69 Å². The minimum atomic E-state index is -0.660. The summed E-state index contributed by atoms with van der Waals surface area (Å²) in [4.78, 5) is 13.9. The van der Waals surface area contributed by atoms with E-state index in [2.05, 4.69) is 15.5 Å². The predicted molar refractivity (Wildman–Crippen MR) is 64.3 cm³/mol. The zero-order chi connectivity index (χ0) is 13.8. The molecule has 1 aromatic heterocycles. The summed E-state index contributed by atoms with van der Waals surface area (Å²) < 4.78 is 18.0. The van der Waals surface area contributed by atoms with E-state index in [0.717, 1.165) is 6.07 Å². The molecule has 0 saturated carbocycles. The number of aromatic nitrogens is 2. The van der Waals surface area contributed by atoms with E-state index in [-0.39, 0.29) is 5.69 Å². The van der Waals surface area contributed by atoms with Crippen molar-refractivity contribution in [3.05, 3.63) is 45.8 Å². The lowest BCUT2D eigenvalue weighted by Gasteiger charge is -2.04. The van der Waals surface area contributed by atoms with E-state index in [1.165, 1.54) is 12.1 Å². The molecule has 0 fully saturated rings. The monoisotopic (exact) mass is 266 g/mol. The summed E-state index contributed by atoms with van der Waals surface area (Å²) >= 11 is 0. The Morgan fingerprint density at radius 1 is 1.47 bits per heavy atom. The van der Waals surface area contributed by atoms with Gasteiger partial charge in [0.2, 0.25) is 5.89 Å². The number of benzene rings is 1. The van der Waals surface area contributed by atoms with Crippen molar-refractivity contribution in [2.75, 3.05) is 11.9 Å². The van der Waals surface area contributed by atoms with Gasteiger partial charge in [0.05, 0.1) is 11.0 Å². The highest BCUT2D eigenvalue weighted by Crippen LogP contribution is 2.19. The van der Waals surface area contributed by atoms with E-state index in [1.807, 2.05) is 0 Å². The molecule has 1 aromatic carbocycles. The van der Waals surface area contributed by atoms with Gasteiger partial charge in [-0.1, -0.05) is 5.16 Å². The molecule has 0 saturated heterocycles. The average Bonchev–Trinajstić information content (AvgIpc) is 2.74. The molecule has 0 spiro atoms. The van der Waals surface area contributed by atoms with Gasteiger partial charge in [0.15, 0.2) is 5.82 Å². The molecular weight excluding hydrogens is 255 g/mol. The lowest BCUT2D eigenvalue weighted by Crippen LogP contribution is -2.06. The largest absolute Gasteiger partial charge is 0.384 e. The van der Waals surface area contributed by atoms with Gasteiger partial charge in [-0.25, -0.2) is 4.39 Å². The average molecular weight is 266 g/mol. The highest BCUT2D eigenvalue weighted by Gasteiger charge is 2.09. The van der Waals surface area contributed by atoms with Crippen LogP contribution in [0.3, 0.4) is 0 Å². The summed E-state index contributed by atoms with van der Waals surface area (Å²) in [5, 5.41) is 17.2. The third kappa shape index (κ3) is 3.47. The quantitative estimate of drug-likeness (QED) is 0.657. The molecule has 0 atom stereocenters. The number of non-ortho nitro benzene ring substituents is 1. The molecule has 19 heavy (non-hydrogen) atoms. The Bertz CT molecular complexity index is 599. The second kappa shape index (κ2) is 5.42. The van der Waals surface area contributed by atoms with E-state index in [9.17, 15) is 14.5 Å². The van der Waals surface area contributed by atoms with Crippen molar-refractivity contribution in [1.29, 1.82) is 0 Å². The van der Waals surface area contributed by atoms with E-state index in [4.69, 9.17) is 4.52 Å². The van der Waals surface area contributed by atoms with Crippen LogP contribution in [0.15, 0.2) is 22.7 Å². The molecule has 0 bridgehead atoms. The van der Waals surface area contributed by atoms with Gasteiger partial charge < -0.3 is 9.84 Å². The van der Waals surface area contributed by atoms with Crippen molar-refractivity contribution in [2.24, 2.45) is 0 Å². The maximum Gasteiger partial charge on any atom is 0.274 e. The van der Waals surface area contributed by atoms with Gasteiger partial charge in [-0.2, -0.15) is 4.98 Å². The molecule has 0 amide bonds. The van der Waals surface area contributed by atoms with Crippen molar-refractivity contribution >= 4 is 11.4 Å². The first-order chi connectivity index (χ1) is 9.04. The van der Waals surface area contributed by atoms with Crippen LogP contribution in [0.2, 0.25) is 0 Å². The van der Waals surface area contributed by atoms with Gasteiger partial charge in [0.1, 0.15) is 5.82 Å². The van der Waals surface area contributed by atoms with E-state index in [0.29, 0.717) is 30.4 Å². The lowest BCUT2D eigenvalue weighted by molar-refractivity contribution is -0.385. The second-order valence-electron chi connectivity index (χ2n) is 3.86. The molecule has 0 aliphatic carbocycles. The van der Waals surface area contributed by atoms with E-state index in [1.54, 1.807) is 6.92 Å². The van der Waals surface area contributed by atoms with Crippen LogP contribution in [0.5, 0.6) is 0 Å². The molecule has 8 heteroatoms. The first-order valence-electron chi connectivity index (χ1n) is 5.52. The van der Waals surface area contributed by atoms with Crippen molar-refractivity contribution < 1.29 is 13.8 Å². The number of hydrogen-bond acceptors (Lipinski definition) is 6. The Balaban J connectivity index is 1.97. The van der Waals surface area contributed by atoms with E-state index < -0.39 is 10.7 Å². The molecule has 2 rings (SSSR count). The smallest absolute Gasteiger partial charge is 0.274 e. The second-order valence-corrected chi connectivity index (χ2v) is 3.86. The minimum absolute atomic E-state index is 0.294. The zero-order valence-corrected chi connectivity index (χ0v) is 10.1. The Morgan fingerprint density at radius 2 is 2.26 bits per heavy atom. The normalized spacial score (nSPS) is 10.4. The van der Waals surface area contributed by atoms with Crippen LogP contribution in [-0.2, 0) is 6.42 Å². The van der Waals surface area contributed by atoms with Crippen LogP contribution in [0.4, 0.5) is 15.8 Å². The number of halogens is 1. The highest BCUT2D eigenvalue weighted by molar-refractivity contribution is 5.51. The van der Waals surface area contributed by atoms with Crippen LogP contribution in [0, 0.1) is 22.9 Å². The third-order valence-corrected chi connectivity index (χ3v) is 2.34. The number of aryl methyl sites for hydroxylation is 1. The summed E-state index contributed by atoms with van der Waals surface area (Å²) in [6, 6.07) is 3.33. The maximum atomic E-state index is 13.2. The van der Waals surface area contributed by atoms with Gasteiger partial charge in [-0.3, -0.25) is 10.1 Å². The van der Waals surface area contributed by atoms with Crippen LogP contribution >= 0.6 is 0 Å². The molecule has 1 N–H and O–H groups in total. The fourth-order valence-electron chi connectivity index (χ4n) is 1.54. The number of nitro groups is 1. The molecule has 1 heterocycles. The van der Waals surface area contributed by atoms with Gasteiger partial charge in [-0.05, 0) is 6.07 Å². The first-order valence-corrected chi connectivity index (χ1v) is 5.52. The molecule has 7 nitrogen and oxygen atoms in total. The number of nitrogens with zero attached hydrogens (tertiary/aromatic N) is 3. The Kier molecular flexibility index (Phi) is 3.69. The van der Waals surface area contributed by atoms with Crippen molar-refractivity contribution in [3.8, 4) is 0 Å². The first kappa shape index (κ1) is 12.9. The number of nitro benzene ring substituents is 1. The number of rotatable bonds is 5. The Hall–Kier alpha value is -2.51. The standard InChI is InChI=1S/C11H11FN4O3/c1-7-14-11(15-19-7)2-3-13-9-4-8(12)5-10(6-9)16(17)18/h4-6,13H,2-3H2,1H3. The van der Waals surface area contributed by atoms with Gasteiger partial charge in [-0.15, -0.1) is 0 Å². The van der Waals surface area contributed by atoms with E-state index >= 15 is 0 Å². The number of hydrogen-bond donors (Lipinski definition) is 1. The summed E-state index contributed by atoms with van der Waals surface area (Å²) in [5.74, 6) is 0.333. The van der Waals surface area contributed by atoms with Crippen molar-refractivity contribution in [3.63, 3.8) is 0 Å². The van der Waals surface area contributed by atoms with Crippen LogP contribution < -0.4 is 5.32 Å². The fraction of sp³-hybridized carbons (Fsp3) is 0.273. The minimum Gasteiger partial charge on any atom is -0.384 e. The third-order valence-electron chi connectivity index (χ3n) is 2.34. The molecule has 0 radical (unpaired) electrons. The zero-order valence-electron chi connectivity index (χ0n) is 10.1. The highest BCUT2D eigenvalue weighted by atomic mass is 19.1. The molecule has 2 aromatic rings. The van der Waals surface area contributed by atoms with Gasteiger partial charge >= 0.3 is 0 Å². The SMILES string of the molecule is Cc1nc(CCNc2cc(F)cc([N+](=O)[O-])c2)no1. The Morgan fingerprint density at radius 3 is 2.89 bits per heavy atom. The maximum absolute atomic E-state index is 13.2. The lowest BCUT2D eigenvalue weighted by atomic mass is 10.2. The molecule has 0 unspecified atom stereocenters. The number of anilines is 1.